The molecule has 0 aliphatic carbocycles. The molecule has 1 N–H and O–H groups in total. The first-order valence-electron chi connectivity index (χ1n) is 4.36. The lowest BCUT2D eigenvalue weighted by Gasteiger charge is -2.05. The lowest BCUT2D eigenvalue weighted by atomic mass is 10.3. The average Bonchev–Trinajstić information content (AvgIpc) is 2.27. The van der Waals surface area contributed by atoms with Gasteiger partial charge in [0.1, 0.15) is 0 Å². The molecule has 0 unspecified atom stereocenters. The molecule has 0 aliphatic rings. The first-order chi connectivity index (χ1) is 7.65. The minimum atomic E-state index is 0.347. The number of hydrogen-bond donors (Lipinski definition) is 1. The summed E-state index contributed by atoms with van der Waals surface area (Å²) >= 11 is 17.3. The minimum Gasteiger partial charge on any atom is -0.339 e. The maximum Gasteiger partial charge on any atom is 0.153 e. The Kier molecular flexibility index (Phi) is 3.49. The summed E-state index contributed by atoms with van der Waals surface area (Å²) in [5, 5.41) is 11.9. The summed E-state index contributed by atoms with van der Waals surface area (Å²) < 4.78 is 0. The van der Waals surface area contributed by atoms with E-state index in [9.17, 15) is 0 Å². The lowest BCUT2D eigenvalue weighted by molar-refractivity contribution is 1.04. The van der Waals surface area contributed by atoms with Crippen LogP contribution < -0.4 is 5.32 Å². The van der Waals surface area contributed by atoms with E-state index in [0.29, 0.717) is 21.0 Å². The van der Waals surface area contributed by atoms with Crippen LogP contribution in [0.2, 0.25) is 15.2 Å². The number of rotatable bonds is 2. The minimum absolute atomic E-state index is 0.347. The Morgan fingerprint density at radius 1 is 0.875 bits per heavy atom. The molecular formula is C10H6Cl3N3. The molecule has 2 aromatic rings. The van der Waals surface area contributed by atoms with E-state index in [0.717, 1.165) is 5.69 Å². The van der Waals surface area contributed by atoms with E-state index in [2.05, 4.69) is 15.5 Å². The van der Waals surface area contributed by atoms with Crippen LogP contribution in [0.15, 0.2) is 30.3 Å². The Bertz CT molecular complexity index is 499. The standard InChI is InChI=1S/C10H6Cl3N3/c11-7-2-1-6(5-8(7)12)14-10-4-3-9(13)15-16-10/h1-5H,(H,14,16). The summed E-state index contributed by atoms with van der Waals surface area (Å²) in [6.45, 7) is 0. The first kappa shape index (κ1) is 11.5. The molecule has 0 bridgehead atoms. The van der Waals surface area contributed by atoms with E-state index in [1.54, 1.807) is 30.3 Å². The van der Waals surface area contributed by atoms with E-state index >= 15 is 0 Å². The van der Waals surface area contributed by atoms with Gasteiger partial charge >= 0.3 is 0 Å². The van der Waals surface area contributed by atoms with Crippen molar-refractivity contribution in [3.63, 3.8) is 0 Å². The van der Waals surface area contributed by atoms with E-state index < -0.39 is 0 Å². The lowest BCUT2D eigenvalue weighted by Crippen LogP contribution is -1.94. The molecule has 0 spiro atoms. The van der Waals surface area contributed by atoms with E-state index in [4.69, 9.17) is 34.8 Å². The van der Waals surface area contributed by atoms with Gasteiger partial charge in [0, 0.05) is 5.69 Å². The highest BCUT2D eigenvalue weighted by Crippen LogP contribution is 2.26. The van der Waals surface area contributed by atoms with Crippen molar-refractivity contribution in [3.05, 3.63) is 45.5 Å². The van der Waals surface area contributed by atoms with Gasteiger partial charge in [0.2, 0.25) is 0 Å². The Morgan fingerprint density at radius 3 is 2.31 bits per heavy atom. The second-order valence-electron chi connectivity index (χ2n) is 3.00. The highest BCUT2D eigenvalue weighted by Gasteiger charge is 2.01. The molecule has 0 fully saturated rings. The zero-order chi connectivity index (χ0) is 11.5. The van der Waals surface area contributed by atoms with Gasteiger partial charge in [0.05, 0.1) is 10.0 Å². The summed E-state index contributed by atoms with van der Waals surface area (Å²) in [6, 6.07) is 8.58. The third-order valence-corrected chi connectivity index (χ3v) is 2.76. The highest BCUT2D eigenvalue weighted by molar-refractivity contribution is 6.42. The summed E-state index contributed by atoms with van der Waals surface area (Å²) in [5.74, 6) is 0.586. The van der Waals surface area contributed by atoms with Gasteiger partial charge in [-0.15, -0.1) is 10.2 Å². The first-order valence-corrected chi connectivity index (χ1v) is 5.50. The van der Waals surface area contributed by atoms with E-state index in [-0.39, 0.29) is 0 Å². The Labute approximate surface area is 107 Å². The van der Waals surface area contributed by atoms with Gasteiger partial charge in [-0.05, 0) is 30.3 Å². The molecule has 1 aromatic carbocycles. The average molecular weight is 275 g/mol. The van der Waals surface area contributed by atoms with E-state index in [1.807, 2.05) is 0 Å². The molecule has 6 heteroatoms. The molecule has 82 valence electrons. The molecule has 0 radical (unpaired) electrons. The van der Waals surface area contributed by atoms with Crippen molar-refractivity contribution >= 4 is 46.3 Å². The number of anilines is 2. The molecule has 1 heterocycles. The van der Waals surface area contributed by atoms with Gasteiger partial charge in [-0.2, -0.15) is 0 Å². The van der Waals surface area contributed by atoms with Crippen molar-refractivity contribution in [2.24, 2.45) is 0 Å². The van der Waals surface area contributed by atoms with Crippen LogP contribution in [-0.4, -0.2) is 10.2 Å². The number of halogens is 3. The van der Waals surface area contributed by atoms with Crippen molar-refractivity contribution in [2.75, 3.05) is 5.32 Å². The third kappa shape index (κ3) is 2.76. The van der Waals surface area contributed by atoms with Crippen LogP contribution in [0.4, 0.5) is 11.5 Å². The van der Waals surface area contributed by atoms with Crippen LogP contribution >= 0.6 is 34.8 Å². The number of nitrogens with zero attached hydrogens (tertiary/aromatic N) is 2. The quantitative estimate of drug-likeness (QED) is 0.892. The second-order valence-corrected chi connectivity index (χ2v) is 4.20. The fourth-order valence-corrected chi connectivity index (χ4v) is 1.50. The van der Waals surface area contributed by atoms with Gasteiger partial charge < -0.3 is 5.32 Å². The Morgan fingerprint density at radius 2 is 1.69 bits per heavy atom. The van der Waals surface area contributed by atoms with Crippen LogP contribution in [0.5, 0.6) is 0 Å². The normalized spacial score (nSPS) is 10.2. The summed E-state index contributed by atoms with van der Waals surface area (Å²) in [7, 11) is 0. The van der Waals surface area contributed by atoms with Crippen LogP contribution in [0.3, 0.4) is 0 Å². The van der Waals surface area contributed by atoms with Crippen molar-refractivity contribution in [1.82, 2.24) is 10.2 Å². The molecule has 0 atom stereocenters. The Hall–Kier alpha value is -1.03. The Balaban J connectivity index is 2.20. The zero-order valence-electron chi connectivity index (χ0n) is 7.92. The van der Waals surface area contributed by atoms with Crippen molar-refractivity contribution in [3.8, 4) is 0 Å². The molecule has 0 aliphatic heterocycles. The molecule has 0 saturated heterocycles. The second kappa shape index (κ2) is 4.87. The fourth-order valence-electron chi connectivity index (χ4n) is 1.10. The van der Waals surface area contributed by atoms with E-state index in [1.165, 1.54) is 0 Å². The van der Waals surface area contributed by atoms with Crippen molar-refractivity contribution in [2.45, 2.75) is 0 Å². The summed E-state index contributed by atoms with van der Waals surface area (Å²) in [6.07, 6.45) is 0. The van der Waals surface area contributed by atoms with Gasteiger partial charge in [-0.25, -0.2) is 0 Å². The highest BCUT2D eigenvalue weighted by atomic mass is 35.5. The maximum atomic E-state index is 5.88. The van der Waals surface area contributed by atoms with Crippen LogP contribution in [-0.2, 0) is 0 Å². The van der Waals surface area contributed by atoms with Gasteiger partial charge in [-0.3, -0.25) is 0 Å². The number of aromatic nitrogens is 2. The monoisotopic (exact) mass is 273 g/mol. The van der Waals surface area contributed by atoms with Crippen LogP contribution in [0, 0.1) is 0 Å². The van der Waals surface area contributed by atoms with Gasteiger partial charge in [-0.1, -0.05) is 34.8 Å². The largest absolute Gasteiger partial charge is 0.339 e. The predicted octanol–water partition coefficient (Wildman–Crippen LogP) is 4.18. The molecule has 0 saturated carbocycles. The van der Waals surface area contributed by atoms with Crippen molar-refractivity contribution < 1.29 is 0 Å². The number of hydrogen-bond acceptors (Lipinski definition) is 3. The number of benzene rings is 1. The van der Waals surface area contributed by atoms with Crippen molar-refractivity contribution in [1.29, 1.82) is 0 Å². The fraction of sp³-hybridized carbons (Fsp3) is 0. The molecular weight excluding hydrogens is 268 g/mol. The number of nitrogens with one attached hydrogen (secondary N) is 1. The zero-order valence-corrected chi connectivity index (χ0v) is 10.2. The molecule has 3 nitrogen and oxygen atoms in total. The molecule has 0 amide bonds. The summed E-state index contributed by atoms with van der Waals surface area (Å²) in [5.41, 5.74) is 0.783. The van der Waals surface area contributed by atoms with Crippen LogP contribution in [0.1, 0.15) is 0 Å². The van der Waals surface area contributed by atoms with Crippen LogP contribution in [0.25, 0.3) is 0 Å². The topological polar surface area (TPSA) is 37.8 Å². The maximum absolute atomic E-state index is 5.88. The smallest absolute Gasteiger partial charge is 0.153 e. The third-order valence-electron chi connectivity index (χ3n) is 1.82. The molecule has 2 rings (SSSR count). The summed E-state index contributed by atoms with van der Waals surface area (Å²) in [4.78, 5) is 0. The van der Waals surface area contributed by atoms with Gasteiger partial charge in [0.25, 0.3) is 0 Å². The molecule has 16 heavy (non-hydrogen) atoms. The molecule has 1 aromatic heterocycles. The SMILES string of the molecule is Clc1ccc(Nc2ccc(Cl)c(Cl)c2)nn1. The van der Waals surface area contributed by atoms with Gasteiger partial charge in [0.15, 0.2) is 11.0 Å². The predicted molar refractivity (Wildman–Crippen MR) is 66.8 cm³/mol.